The van der Waals surface area contributed by atoms with Crippen molar-refractivity contribution in [1.82, 2.24) is 0 Å². The lowest BCUT2D eigenvalue weighted by molar-refractivity contribution is 0.595. The van der Waals surface area contributed by atoms with Crippen LogP contribution in [-0.2, 0) is 0 Å². The molecule has 0 aliphatic rings. The van der Waals surface area contributed by atoms with E-state index in [4.69, 9.17) is 33.1 Å². The van der Waals surface area contributed by atoms with E-state index in [1.807, 2.05) is 102 Å². The summed E-state index contributed by atoms with van der Waals surface area (Å²) in [6, 6.07) is 30.2. The maximum Gasteiger partial charge on any atom is 0.215 e. The third-order valence-electron chi connectivity index (χ3n) is 5.82. The van der Waals surface area contributed by atoms with E-state index in [9.17, 15) is 0 Å². The lowest BCUT2D eigenvalue weighted by Gasteiger charge is -2.24. The SMILES string of the molecule is Nc1ccc(-c2c(N)oc(N(c3ccc(N)cc3)c3ccc(N)cc3)c2-c2ccc(N)cc2)cc1. The van der Waals surface area contributed by atoms with Gasteiger partial charge in [0.2, 0.25) is 11.8 Å². The molecule has 0 unspecified atom stereocenters. The van der Waals surface area contributed by atoms with Crippen LogP contribution >= 0.6 is 0 Å². The monoisotopic (exact) mass is 462 g/mol. The van der Waals surface area contributed by atoms with Gasteiger partial charge in [0.05, 0.1) is 11.1 Å². The second-order valence-corrected chi connectivity index (χ2v) is 8.28. The van der Waals surface area contributed by atoms with Crippen LogP contribution in [0.5, 0.6) is 0 Å². The molecular weight excluding hydrogens is 436 g/mol. The molecule has 5 aromatic rings. The van der Waals surface area contributed by atoms with Crippen LogP contribution in [0.2, 0.25) is 0 Å². The molecule has 174 valence electrons. The van der Waals surface area contributed by atoms with Crippen LogP contribution in [0.25, 0.3) is 22.3 Å². The number of rotatable bonds is 5. The molecule has 7 nitrogen and oxygen atoms in total. The van der Waals surface area contributed by atoms with Gasteiger partial charge in [-0.2, -0.15) is 0 Å². The van der Waals surface area contributed by atoms with Crippen LogP contribution in [0.4, 0.5) is 45.9 Å². The number of furan rings is 1. The Labute approximate surface area is 203 Å². The predicted octanol–water partition coefficient (Wildman–Crippen LogP) is 5.99. The summed E-state index contributed by atoms with van der Waals surface area (Å²) in [7, 11) is 0. The lowest BCUT2D eigenvalue weighted by atomic mass is 9.96. The average molecular weight is 463 g/mol. The average Bonchev–Trinajstić information content (AvgIpc) is 3.19. The topological polar surface area (TPSA) is 146 Å². The standard InChI is InChI=1S/C28H26N6O/c29-19-5-1-17(2-6-19)25-26(18-3-7-20(30)8-4-18)28(35-27(25)33)34(23-13-9-21(31)10-14-23)24-15-11-22(32)12-16-24/h1-16H,29-33H2. The molecule has 0 amide bonds. The molecule has 1 heterocycles. The van der Waals surface area contributed by atoms with E-state index in [0.717, 1.165) is 33.6 Å². The van der Waals surface area contributed by atoms with E-state index in [-0.39, 0.29) is 5.88 Å². The van der Waals surface area contributed by atoms with Crippen LogP contribution in [0.1, 0.15) is 0 Å². The molecule has 0 aliphatic carbocycles. The van der Waals surface area contributed by atoms with Crippen LogP contribution in [0.15, 0.2) is 101 Å². The van der Waals surface area contributed by atoms with Gasteiger partial charge in [0.15, 0.2) is 0 Å². The van der Waals surface area contributed by atoms with Crippen LogP contribution in [0, 0.1) is 0 Å². The molecule has 35 heavy (non-hydrogen) atoms. The first-order valence-corrected chi connectivity index (χ1v) is 11.1. The van der Waals surface area contributed by atoms with Crippen LogP contribution in [-0.4, -0.2) is 0 Å². The summed E-state index contributed by atoms with van der Waals surface area (Å²) < 4.78 is 6.33. The first kappa shape index (κ1) is 21.8. The fourth-order valence-corrected chi connectivity index (χ4v) is 4.08. The van der Waals surface area contributed by atoms with Gasteiger partial charge in [0, 0.05) is 34.1 Å². The molecule has 0 atom stereocenters. The Kier molecular flexibility index (Phi) is 5.43. The van der Waals surface area contributed by atoms with E-state index >= 15 is 0 Å². The molecule has 10 N–H and O–H groups in total. The van der Waals surface area contributed by atoms with Gasteiger partial charge in [0.25, 0.3) is 0 Å². The maximum atomic E-state index is 6.53. The molecule has 0 saturated carbocycles. The molecule has 0 aliphatic heterocycles. The number of anilines is 8. The van der Waals surface area contributed by atoms with Crippen molar-refractivity contribution in [1.29, 1.82) is 0 Å². The van der Waals surface area contributed by atoms with Gasteiger partial charge in [0.1, 0.15) is 0 Å². The molecule has 0 bridgehead atoms. The molecule has 7 heteroatoms. The minimum Gasteiger partial charge on any atom is -0.423 e. The third-order valence-corrected chi connectivity index (χ3v) is 5.82. The molecular formula is C28H26N6O. The van der Waals surface area contributed by atoms with E-state index in [1.54, 1.807) is 0 Å². The fraction of sp³-hybridized carbons (Fsp3) is 0. The maximum absolute atomic E-state index is 6.53. The first-order chi connectivity index (χ1) is 16.9. The highest BCUT2D eigenvalue weighted by Gasteiger charge is 2.27. The summed E-state index contributed by atoms with van der Waals surface area (Å²) >= 11 is 0. The highest BCUT2D eigenvalue weighted by atomic mass is 16.4. The Morgan fingerprint density at radius 1 is 0.429 bits per heavy atom. The van der Waals surface area contributed by atoms with Gasteiger partial charge in [-0.15, -0.1) is 0 Å². The number of nitrogen functional groups attached to an aromatic ring is 5. The largest absolute Gasteiger partial charge is 0.423 e. The molecule has 0 saturated heterocycles. The summed E-state index contributed by atoms with van der Waals surface area (Å²) in [5, 5.41) is 0. The Bertz CT molecular complexity index is 1410. The van der Waals surface area contributed by atoms with Gasteiger partial charge in [-0.3, -0.25) is 4.90 Å². The Hall–Kier alpha value is -5.04. The summed E-state index contributed by atoms with van der Waals surface area (Å²) in [6.07, 6.45) is 0. The number of benzene rings is 4. The zero-order chi connectivity index (χ0) is 24.5. The van der Waals surface area contributed by atoms with Crippen molar-refractivity contribution in [3.05, 3.63) is 97.1 Å². The van der Waals surface area contributed by atoms with Crippen molar-refractivity contribution in [3.63, 3.8) is 0 Å². The highest BCUT2D eigenvalue weighted by Crippen LogP contribution is 2.50. The number of nitrogens with two attached hydrogens (primary N) is 5. The fourth-order valence-electron chi connectivity index (χ4n) is 4.08. The third kappa shape index (κ3) is 4.18. The Morgan fingerprint density at radius 3 is 1.17 bits per heavy atom. The van der Waals surface area contributed by atoms with E-state index in [2.05, 4.69) is 0 Å². The van der Waals surface area contributed by atoms with Crippen molar-refractivity contribution in [2.24, 2.45) is 0 Å². The lowest BCUT2D eigenvalue weighted by Crippen LogP contribution is -2.10. The minimum atomic E-state index is 0.285. The minimum absolute atomic E-state index is 0.285. The van der Waals surface area contributed by atoms with Gasteiger partial charge < -0.3 is 33.1 Å². The van der Waals surface area contributed by atoms with Gasteiger partial charge in [-0.25, -0.2) is 0 Å². The quantitative estimate of drug-likeness (QED) is 0.201. The van der Waals surface area contributed by atoms with Crippen molar-refractivity contribution in [2.75, 3.05) is 33.6 Å². The molecule has 0 radical (unpaired) electrons. The van der Waals surface area contributed by atoms with Crippen molar-refractivity contribution in [2.45, 2.75) is 0 Å². The van der Waals surface area contributed by atoms with Crippen molar-refractivity contribution < 1.29 is 4.42 Å². The molecule has 4 aromatic carbocycles. The molecule has 0 spiro atoms. The summed E-state index contributed by atoms with van der Waals surface area (Å²) in [5.41, 5.74) is 38.1. The summed E-state index contributed by atoms with van der Waals surface area (Å²) in [5.74, 6) is 0.834. The van der Waals surface area contributed by atoms with Gasteiger partial charge in [-0.1, -0.05) is 24.3 Å². The van der Waals surface area contributed by atoms with Gasteiger partial charge in [-0.05, 0) is 83.9 Å². The van der Waals surface area contributed by atoms with Crippen LogP contribution < -0.4 is 33.6 Å². The van der Waals surface area contributed by atoms with Crippen molar-refractivity contribution in [3.8, 4) is 22.3 Å². The van der Waals surface area contributed by atoms with E-state index in [1.165, 1.54) is 0 Å². The smallest absolute Gasteiger partial charge is 0.215 e. The highest BCUT2D eigenvalue weighted by molar-refractivity contribution is 5.99. The molecule has 0 fully saturated rings. The van der Waals surface area contributed by atoms with E-state index in [0.29, 0.717) is 28.6 Å². The Balaban J connectivity index is 1.81. The molecule has 1 aromatic heterocycles. The Morgan fingerprint density at radius 2 is 0.771 bits per heavy atom. The number of hydrogen-bond acceptors (Lipinski definition) is 7. The number of hydrogen-bond donors (Lipinski definition) is 5. The van der Waals surface area contributed by atoms with E-state index < -0.39 is 0 Å². The second-order valence-electron chi connectivity index (χ2n) is 8.28. The van der Waals surface area contributed by atoms with Crippen molar-refractivity contribution >= 4 is 45.9 Å². The zero-order valence-corrected chi connectivity index (χ0v) is 19.0. The zero-order valence-electron chi connectivity index (χ0n) is 19.0. The second kappa shape index (κ2) is 8.72. The first-order valence-electron chi connectivity index (χ1n) is 11.1. The molecule has 5 rings (SSSR count). The number of nitrogens with zero attached hydrogens (tertiary/aromatic N) is 1. The van der Waals surface area contributed by atoms with Crippen LogP contribution in [0.3, 0.4) is 0 Å². The van der Waals surface area contributed by atoms with Gasteiger partial charge >= 0.3 is 0 Å². The predicted molar refractivity (Wildman–Crippen MR) is 146 cm³/mol. The summed E-state index contributed by atoms with van der Waals surface area (Å²) in [6.45, 7) is 0. The summed E-state index contributed by atoms with van der Waals surface area (Å²) in [4.78, 5) is 1.99. The normalized spacial score (nSPS) is 10.9.